The molecule has 1 N–H and O–H groups in total. The molecule has 0 aromatic rings. The fourth-order valence-corrected chi connectivity index (χ4v) is 2.30. The maximum absolute atomic E-state index is 11.2. The van der Waals surface area contributed by atoms with Crippen molar-refractivity contribution < 1.29 is 14.6 Å². The van der Waals surface area contributed by atoms with Crippen molar-refractivity contribution in [3.05, 3.63) is 0 Å². The van der Waals surface area contributed by atoms with Crippen LogP contribution in [0.1, 0.15) is 33.1 Å². The highest BCUT2D eigenvalue weighted by Crippen LogP contribution is 2.34. The summed E-state index contributed by atoms with van der Waals surface area (Å²) in [5.74, 6) is -0.637. The molecule has 4 nitrogen and oxygen atoms in total. The molecule has 1 unspecified atom stereocenters. The van der Waals surface area contributed by atoms with E-state index < -0.39 is 11.4 Å². The van der Waals surface area contributed by atoms with E-state index in [4.69, 9.17) is 4.74 Å². The van der Waals surface area contributed by atoms with Gasteiger partial charge in [0.25, 0.3) is 0 Å². The topological polar surface area (TPSA) is 49.8 Å². The standard InChI is InChI=1S/C12H23NO3/c1-3-12(11(14)15)6-8-13(10-12)7-5-9-16-4-2/h3-10H2,1-2H3,(H,14,15). The molecule has 1 atom stereocenters. The van der Waals surface area contributed by atoms with Crippen molar-refractivity contribution >= 4 is 5.97 Å². The van der Waals surface area contributed by atoms with Crippen LogP contribution in [0, 0.1) is 5.41 Å². The van der Waals surface area contributed by atoms with Crippen molar-refractivity contribution in [3.8, 4) is 0 Å². The molecule has 16 heavy (non-hydrogen) atoms. The largest absolute Gasteiger partial charge is 0.481 e. The van der Waals surface area contributed by atoms with Gasteiger partial charge in [0.05, 0.1) is 5.41 Å². The minimum absolute atomic E-state index is 0.494. The smallest absolute Gasteiger partial charge is 0.310 e. The average Bonchev–Trinajstić information content (AvgIpc) is 2.69. The van der Waals surface area contributed by atoms with Crippen molar-refractivity contribution in [2.75, 3.05) is 32.8 Å². The molecule has 0 aromatic heterocycles. The van der Waals surface area contributed by atoms with E-state index in [0.717, 1.165) is 45.6 Å². The summed E-state index contributed by atoms with van der Waals surface area (Å²) in [6, 6.07) is 0. The number of carboxylic acid groups (broad SMARTS) is 1. The summed E-state index contributed by atoms with van der Waals surface area (Å²) in [6.45, 7) is 8.06. The van der Waals surface area contributed by atoms with Crippen LogP contribution in [-0.4, -0.2) is 48.8 Å². The molecule has 4 heteroatoms. The lowest BCUT2D eigenvalue weighted by Gasteiger charge is -2.23. The van der Waals surface area contributed by atoms with Crippen LogP contribution in [0.5, 0.6) is 0 Å². The minimum Gasteiger partial charge on any atom is -0.481 e. The Hall–Kier alpha value is -0.610. The SMILES string of the molecule is CCOCCCN1CCC(CC)(C(=O)O)C1. The number of rotatable bonds is 7. The average molecular weight is 229 g/mol. The Bertz CT molecular complexity index is 232. The van der Waals surface area contributed by atoms with Gasteiger partial charge in [0.15, 0.2) is 0 Å². The molecular weight excluding hydrogens is 206 g/mol. The first-order chi connectivity index (χ1) is 7.64. The highest BCUT2D eigenvalue weighted by Gasteiger charge is 2.42. The fraction of sp³-hybridized carbons (Fsp3) is 0.917. The van der Waals surface area contributed by atoms with Crippen LogP contribution in [0.3, 0.4) is 0 Å². The second-order valence-corrected chi connectivity index (χ2v) is 4.52. The van der Waals surface area contributed by atoms with Gasteiger partial charge in [0, 0.05) is 26.3 Å². The number of hydrogen-bond acceptors (Lipinski definition) is 3. The molecule has 1 saturated heterocycles. The minimum atomic E-state index is -0.637. The van der Waals surface area contributed by atoms with Crippen LogP contribution in [-0.2, 0) is 9.53 Å². The van der Waals surface area contributed by atoms with Gasteiger partial charge >= 0.3 is 5.97 Å². The number of carbonyl (C=O) groups is 1. The molecule has 0 aliphatic carbocycles. The molecule has 0 aromatic carbocycles. The lowest BCUT2D eigenvalue weighted by atomic mass is 9.84. The van der Waals surface area contributed by atoms with E-state index in [1.54, 1.807) is 0 Å². The summed E-state index contributed by atoms with van der Waals surface area (Å²) in [5, 5.41) is 9.24. The predicted molar refractivity (Wildman–Crippen MR) is 62.5 cm³/mol. The van der Waals surface area contributed by atoms with E-state index in [0.29, 0.717) is 6.54 Å². The van der Waals surface area contributed by atoms with Crippen molar-refractivity contribution in [1.29, 1.82) is 0 Å². The maximum Gasteiger partial charge on any atom is 0.310 e. The number of carboxylic acids is 1. The monoisotopic (exact) mass is 229 g/mol. The summed E-state index contributed by atoms with van der Waals surface area (Å²) >= 11 is 0. The van der Waals surface area contributed by atoms with E-state index in [9.17, 15) is 9.90 Å². The third kappa shape index (κ3) is 3.19. The molecule has 0 radical (unpaired) electrons. The molecule has 1 aliphatic heterocycles. The normalized spacial score (nSPS) is 26.1. The third-order valence-electron chi connectivity index (χ3n) is 3.53. The van der Waals surface area contributed by atoms with Gasteiger partial charge in [-0.2, -0.15) is 0 Å². The molecule has 1 heterocycles. The molecule has 1 fully saturated rings. The Labute approximate surface area is 97.6 Å². The zero-order chi connectivity index (χ0) is 12.0. The van der Waals surface area contributed by atoms with Gasteiger partial charge < -0.3 is 14.7 Å². The zero-order valence-electron chi connectivity index (χ0n) is 10.4. The highest BCUT2D eigenvalue weighted by atomic mass is 16.5. The van der Waals surface area contributed by atoms with Crippen LogP contribution < -0.4 is 0 Å². The van der Waals surface area contributed by atoms with Gasteiger partial charge in [-0.1, -0.05) is 6.92 Å². The maximum atomic E-state index is 11.2. The summed E-state index contributed by atoms with van der Waals surface area (Å²) in [4.78, 5) is 13.5. The molecule has 0 amide bonds. The first kappa shape index (κ1) is 13.5. The molecule has 0 bridgehead atoms. The number of aliphatic carboxylic acids is 1. The van der Waals surface area contributed by atoms with Crippen molar-refractivity contribution in [2.45, 2.75) is 33.1 Å². The Balaban J connectivity index is 2.31. The van der Waals surface area contributed by atoms with E-state index in [2.05, 4.69) is 4.90 Å². The van der Waals surface area contributed by atoms with Gasteiger partial charge in [-0.3, -0.25) is 4.79 Å². The molecular formula is C12H23NO3. The van der Waals surface area contributed by atoms with Crippen LogP contribution >= 0.6 is 0 Å². The molecule has 94 valence electrons. The first-order valence-corrected chi connectivity index (χ1v) is 6.18. The highest BCUT2D eigenvalue weighted by molar-refractivity contribution is 5.75. The summed E-state index contributed by atoms with van der Waals surface area (Å²) in [5.41, 5.74) is -0.494. The fourth-order valence-electron chi connectivity index (χ4n) is 2.30. The number of nitrogens with zero attached hydrogens (tertiary/aromatic N) is 1. The first-order valence-electron chi connectivity index (χ1n) is 6.18. The number of hydrogen-bond donors (Lipinski definition) is 1. The molecule has 1 rings (SSSR count). The van der Waals surface area contributed by atoms with Crippen LogP contribution in [0.4, 0.5) is 0 Å². The Morgan fingerprint density at radius 1 is 1.50 bits per heavy atom. The second kappa shape index (κ2) is 6.21. The van der Waals surface area contributed by atoms with Crippen molar-refractivity contribution in [1.82, 2.24) is 4.90 Å². The van der Waals surface area contributed by atoms with E-state index in [-0.39, 0.29) is 0 Å². The van der Waals surface area contributed by atoms with Gasteiger partial charge in [-0.05, 0) is 32.7 Å². The summed E-state index contributed by atoms with van der Waals surface area (Å²) < 4.78 is 5.28. The lowest BCUT2D eigenvalue weighted by molar-refractivity contribution is -0.148. The van der Waals surface area contributed by atoms with Crippen LogP contribution in [0.2, 0.25) is 0 Å². The number of ether oxygens (including phenoxy) is 1. The van der Waals surface area contributed by atoms with Crippen LogP contribution in [0.25, 0.3) is 0 Å². The van der Waals surface area contributed by atoms with Gasteiger partial charge in [-0.15, -0.1) is 0 Å². The number of likely N-dealkylation sites (tertiary alicyclic amines) is 1. The zero-order valence-corrected chi connectivity index (χ0v) is 10.4. The van der Waals surface area contributed by atoms with E-state index in [1.807, 2.05) is 13.8 Å². The van der Waals surface area contributed by atoms with E-state index in [1.165, 1.54) is 0 Å². The van der Waals surface area contributed by atoms with Gasteiger partial charge in [0.2, 0.25) is 0 Å². The Kier molecular flexibility index (Phi) is 5.22. The van der Waals surface area contributed by atoms with Crippen molar-refractivity contribution in [3.63, 3.8) is 0 Å². The van der Waals surface area contributed by atoms with Crippen molar-refractivity contribution in [2.24, 2.45) is 5.41 Å². The Morgan fingerprint density at radius 2 is 2.25 bits per heavy atom. The summed E-state index contributed by atoms with van der Waals surface area (Å²) in [6.07, 6.45) is 2.50. The second-order valence-electron chi connectivity index (χ2n) is 4.52. The molecule has 0 saturated carbocycles. The Morgan fingerprint density at radius 3 is 2.75 bits per heavy atom. The van der Waals surface area contributed by atoms with Gasteiger partial charge in [-0.25, -0.2) is 0 Å². The van der Waals surface area contributed by atoms with Crippen LogP contribution in [0.15, 0.2) is 0 Å². The lowest BCUT2D eigenvalue weighted by Crippen LogP contribution is -2.34. The third-order valence-corrected chi connectivity index (χ3v) is 3.53. The van der Waals surface area contributed by atoms with E-state index >= 15 is 0 Å². The molecule has 0 spiro atoms. The molecule has 1 aliphatic rings. The quantitative estimate of drug-likeness (QED) is 0.674. The van der Waals surface area contributed by atoms with Gasteiger partial charge in [0.1, 0.15) is 0 Å². The predicted octanol–water partition coefficient (Wildman–Crippen LogP) is 1.60. The summed E-state index contributed by atoms with van der Waals surface area (Å²) in [7, 11) is 0.